The molecule has 7 nitrogen and oxygen atoms in total. The summed E-state index contributed by atoms with van der Waals surface area (Å²) >= 11 is 0. The molecule has 0 radical (unpaired) electrons. The number of hydrogen-bond donors (Lipinski definition) is 3. The zero-order valence-electron chi connectivity index (χ0n) is 14.4. The third-order valence-corrected chi connectivity index (χ3v) is 5.94. The maximum atomic E-state index is 12.6. The molecule has 26 heavy (non-hydrogen) atoms. The first-order valence-corrected chi connectivity index (χ1v) is 9.49. The van der Waals surface area contributed by atoms with Crippen LogP contribution in [0.15, 0.2) is 59.5 Å². The van der Waals surface area contributed by atoms with E-state index in [9.17, 15) is 18.3 Å². The minimum Gasteiger partial charge on any atom is -0.457 e. The van der Waals surface area contributed by atoms with Crippen LogP contribution in [-0.4, -0.2) is 36.5 Å². The van der Waals surface area contributed by atoms with Gasteiger partial charge in [-0.2, -0.15) is 0 Å². The Morgan fingerprint density at radius 1 is 1.08 bits per heavy atom. The minimum absolute atomic E-state index is 0.0441. The van der Waals surface area contributed by atoms with E-state index in [0.717, 1.165) is 0 Å². The third-order valence-electron chi connectivity index (χ3n) is 3.82. The fourth-order valence-corrected chi connectivity index (χ4v) is 4.26. The van der Waals surface area contributed by atoms with Gasteiger partial charge in [-0.05, 0) is 36.4 Å². The van der Waals surface area contributed by atoms with Crippen LogP contribution in [0.25, 0.3) is 0 Å². The highest BCUT2D eigenvalue weighted by atomic mass is 32.2. The molecule has 0 aliphatic heterocycles. The van der Waals surface area contributed by atoms with E-state index >= 15 is 0 Å². The number of carbonyl (C=O) groups excluding carboxylic acids is 1. The van der Waals surface area contributed by atoms with Gasteiger partial charge in [0.05, 0.1) is 10.6 Å². The van der Waals surface area contributed by atoms with Gasteiger partial charge in [0.25, 0.3) is 5.91 Å². The standard InChI is InChI=1S/C18H21NO6S/c1-18(2,16(20)17(21)19-22)12-26(23,24)15-10-8-14(9-11-15)25-13-6-4-3-5-7-13/h3-11,16,20,22H,12H2,1-2H3,(H,19,21). The molecule has 1 atom stereocenters. The Balaban J connectivity index is 2.15. The number of benzene rings is 2. The van der Waals surface area contributed by atoms with Gasteiger partial charge in [-0.15, -0.1) is 0 Å². The number of sulfone groups is 1. The van der Waals surface area contributed by atoms with Crippen LogP contribution in [0.5, 0.6) is 11.5 Å². The van der Waals surface area contributed by atoms with Crippen LogP contribution < -0.4 is 10.2 Å². The first kappa shape index (κ1) is 19.9. The van der Waals surface area contributed by atoms with E-state index in [1.54, 1.807) is 12.1 Å². The molecule has 140 valence electrons. The van der Waals surface area contributed by atoms with Crippen LogP contribution >= 0.6 is 0 Å². The number of hydrogen-bond acceptors (Lipinski definition) is 6. The van der Waals surface area contributed by atoms with Gasteiger partial charge in [0, 0.05) is 5.41 Å². The second-order valence-electron chi connectivity index (χ2n) is 6.51. The van der Waals surface area contributed by atoms with Crippen molar-refractivity contribution in [2.45, 2.75) is 24.8 Å². The summed E-state index contributed by atoms with van der Waals surface area (Å²) < 4.78 is 30.8. The van der Waals surface area contributed by atoms with Crippen molar-refractivity contribution in [3.8, 4) is 11.5 Å². The number of hydroxylamine groups is 1. The molecule has 2 rings (SSSR count). The number of amides is 1. The molecule has 0 spiro atoms. The lowest BCUT2D eigenvalue weighted by Crippen LogP contribution is -2.46. The normalized spacial score (nSPS) is 13.1. The van der Waals surface area contributed by atoms with Crippen molar-refractivity contribution >= 4 is 15.7 Å². The highest BCUT2D eigenvalue weighted by Gasteiger charge is 2.38. The molecule has 0 fully saturated rings. The fraction of sp³-hybridized carbons (Fsp3) is 0.278. The van der Waals surface area contributed by atoms with Crippen molar-refractivity contribution < 1.29 is 28.3 Å². The molecule has 0 saturated heterocycles. The number of aliphatic hydroxyl groups excluding tert-OH is 1. The predicted octanol–water partition coefficient (Wildman–Crippen LogP) is 2.15. The number of rotatable bonds is 7. The SMILES string of the molecule is CC(C)(CS(=O)(=O)c1ccc(Oc2ccccc2)cc1)C(O)C(=O)NO. The van der Waals surface area contributed by atoms with Crippen molar-refractivity contribution in [3.05, 3.63) is 54.6 Å². The van der Waals surface area contributed by atoms with Gasteiger partial charge in [0.15, 0.2) is 9.84 Å². The predicted molar refractivity (Wildman–Crippen MR) is 94.7 cm³/mol. The van der Waals surface area contributed by atoms with Crippen molar-refractivity contribution in [1.29, 1.82) is 0 Å². The maximum Gasteiger partial charge on any atom is 0.272 e. The second-order valence-corrected chi connectivity index (χ2v) is 8.50. The maximum absolute atomic E-state index is 12.6. The molecule has 0 aliphatic rings. The number of ether oxygens (including phenoxy) is 1. The Labute approximate surface area is 152 Å². The smallest absolute Gasteiger partial charge is 0.272 e. The molecule has 2 aromatic carbocycles. The van der Waals surface area contributed by atoms with E-state index in [1.807, 2.05) is 18.2 Å². The monoisotopic (exact) mass is 379 g/mol. The highest BCUT2D eigenvalue weighted by molar-refractivity contribution is 7.91. The van der Waals surface area contributed by atoms with E-state index in [4.69, 9.17) is 9.94 Å². The number of carbonyl (C=O) groups is 1. The number of para-hydroxylation sites is 1. The van der Waals surface area contributed by atoms with Gasteiger partial charge in [-0.1, -0.05) is 32.0 Å². The molecule has 0 heterocycles. The van der Waals surface area contributed by atoms with Crippen molar-refractivity contribution in [2.24, 2.45) is 5.41 Å². The Hall–Kier alpha value is -2.42. The molecule has 1 unspecified atom stereocenters. The van der Waals surface area contributed by atoms with Crippen molar-refractivity contribution in [3.63, 3.8) is 0 Å². The van der Waals surface area contributed by atoms with Crippen molar-refractivity contribution in [1.82, 2.24) is 5.48 Å². The van der Waals surface area contributed by atoms with Crippen LogP contribution in [0.2, 0.25) is 0 Å². The molecule has 8 heteroatoms. The Morgan fingerprint density at radius 3 is 2.15 bits per heavy atom. The summed E-state index contributed by atoms with van der Waals surface area (Å²) in [6.45, 7) is 2.86. The van der Waals surface area contributed by atoms with Crippen LogP contribution in [0, 0.1) is 5.41 Å². The second kappa shape index (κ2) is 7.86. The van der Waals surface area contributed by atoms with Crippen LogP contribution in [0.3, 0.4) is 0 Å². The third kappa shape index (κ3) is 4.81. The molecular weight excluding hydrogens is 358 g/mol. The number of nitrogens with one attached hydrogen (secondary N) is 1. The summed E-state index contributed by atoms with van der Waals surface area (Å²) in [4.78, 5) is 11.4. The first-order chi connectivity index (χ1) is 12.2. The summed E-state index contributed by atoms with van der Waals surface area (Å²) in [5.41, 5.74) is 0.0260. The fourth-order valence-electron chi connectivity index (χ4n) is 2.41. The zero-order valence-corrected chi connectivity index (χ0v) is 15.2. The summed E-state index contributed by atoms with van der Waals surface area (Å²) in [6, 6.07) is 14.9. The van der Waals surface area contributed by atoms with Gasteiger partial charge in [-0.25, -0.2) is 13.9 Å². The van der Waals surface area contributed by atoms with Gasteiger partial charge in [0.2, 0.25) is 0 Å². The Bertz CT molecular complexity index is 847. The van der Waals surface area contributed by atoms with Gasteiger partial charge < -0.3 is 9.84 Å². The molecule has 2 aromatic rings. The lowest BCUT2D eigenvalue weighted by molar-refractivity contribution is -0.143. The van der Waals surface area contributed by atoms with E-state index in [-0.39, 0.29) is 4.90 Å². The summed E-state index contributed by atoms with van der Waals surface area (Å²) in [6.07, 6.45) is -1.68. The largest absolute Gasteiger partial charge is 0.457 e. The lowest BCUT2D eigenvalue weighted by atomic mass is 9.88. The van der Waals surface area contributed by atoms with Gasteiger partial charge >= 0.3 is 0 Å². The molecule has 0 aliphatic carbocycles. The lowest BCUT2D eigenvalue weighted by Gasteiger charge is -2.28. The van der Waals surface area contributed by atoms with E-state index in [1.165, 1.54) is 43.6 Å². The zero-order chi connectivity index (χ0) is 19.4. The van der Waals surface area contributed by atoms with Crippen molar-refractivity contribution in [2.75, 3.05) is 5.75 Å². The topological polar surface area (TPSA) is 113 Å². The number of aliphatic hydroxyl groups is 1. The molecule has 1 amide bonds. The molecule has 0 aromatic heterocycles. The van der Waals surface area contributed by atoms with Crippen LogP contribution in [-0.2, 0) is 14.6 Å². The highest BCUT2D eigenvalue weighted by Crippen LogP contribution is 2.28. The Morgan fingerprint density at radius 2 is 1.62 bits per heavy atom. The quantitative estimate of drug-likeness (QED) is 0.502. The van der Waals surface area contributed by atoms with Crippen LogP contribution in [0.1, 0.15) is 13.8 Å². The van der Waals surface area contributed by atoms with E-state index in [2.05, 4.69) is 0 Å². The average molecular weight is 379 g/mol. The van der Waals surface area contributed by atoms with Crippen LogP contribution in [0.4, 0.5) is 0 Å². The summed E-state index contributed by atoms with van der Waals surface area (Å²) in [5.74, 6) is -0.429. The molecular formula is C18H21NO6S. The molecule has 0 bridgehead atoms. The Kier molecular flexibility index (Phi) is 6.01. The molecule has 0 saturated carbocycles. The molecule has 3 N–H and O–H groups in total. The van der Waals surface area contributed by atoms with E-state index < -0.39 is 33.0 Å². The first-order valence-electron chi connectivity index (χ1n) is 7.83. The van der Waals surface area contributed by atoms with Gasteiger partial charge in [0.1, 0.15) is 17.6 Å². The minimum atomic E-state index is -3.77. The van der Waals surface area contributed by atoms with Gasteiger partial charge in [-0.3, -0.25) is 10.0 Å². The average Bonchev–Trinajstić information content (AvgIpc) is 2.61. The van der Waals surface area contributed by atoms with E-state index in [0.29, 0.717) is 11.5 Å². The summed E-state index contributed by atoms with van der Waals surface area (Å²) in [7, 11) is -3.77. The summed E-state index contributed by atoms with van der Waals surface area (Å²) in [5, 5.41) is 18.5.